The molecule has 18 heteroatoms. The molecular formula is C30H33NO15P2. The van der Waals surface area contributed by atoms with E-state index in [0.29, 0.717) is 35.8 Å². The van der Waals surface area contributed by atoms with Crippen LogP contribution in [0.25, 0.3) is 33.4 Å². The van der Waals surface area contributed by atoms with Crippen molar-refractivity contribution in [1.82, 2.24) is 5.32 Å². The number of phosphoric acid groups is 2. The third-order valence-corrected chi connectivity index (χ3v) is 8.62. The zero-order chi connectivity index (χ0) is 35.1. The van der Waals surface area contributed by atoms with Gasteiger partial charge in [0.15, 0.2) is 5.43 Å². The molecule has 0 aromatic heterocycles. The van der Waals surface area contributed by atoms with E-state index in [0.717, 1.165) is 0 Å². The van der Waals surface area contributed by atoms with Gasteiger partial charge in [-0.25, -0.2) is 13.9 Å². The van der Waals surface area contributed by atoms with Gasteiger partial charge in [0, 0.05) is 53.3 Å². The van der Waals surface area contributed by atoms with E-state index in [2.05, 4.69) is 14.4 Å². The topological polar surface area (TPSA) is 260 Å². The van der Waals surface area contributed by atoms with Crippen LogP contribution in [-0.4, -0.2) is 74.8 Å². The van der Waals surface area contributed by atoms with Crippen LogP contribution in [0.5, 0.6) is 5.75 Å². The lowest BCUT2D eigenvalue weighted by Gasteiger charge is -2.18. The molecule has 2 atom stereocenters. The number of fused-ring (bicyclic) bond motifs is 2. The minimum Gasteiger partial charge on any atom is -0.508 e. The van der Waals surface area contributed by atoms with E-state index in [9.17, 15) is 43.7 Å². The number of benzene rings is 3. The largest absolute Gasteiger partial charge is 0.508 e. The maximum atomic E-state index is 13.1. The predicted molar refractivity (Wildman–Crippen MR) is 170 cm³/mol. The normalized spacial score (nSPS) is 13.8. The Morgan fingerprint density at radius 2 is 1.65 bits per heavy atom. The first kappa shape index (κ1) is 36.9. The second-order valence-corrected chi connectivity index (χ2v) is 13.3. The van der Waals surface area contributed by atoms with E-state index in [4.69, 9.17) is 18.7 Å². The number of phosphoric ester groups is 2. The van der Waals surface area contributed by atoms with Crippen LogP contribution in [0.2, 0.25) is 0 Å². The highest BCUT2D eigenvalue weighted by Gasteiger charge is 2.25. The highest BCUT2D eigenvalue weighted by Crippen LogP contribution is 2.45. The SMILES string of the molecule is O=C(NCCCCC(CO)COP(=O)(O)OCCOP(=O)(O)O)c1ccc(C(=O)O)c(-c2c3ccc(=O)cc-3oc3cc(O)ccc23)c1. The van der Waals surface area contributed by atoms with Gasteiger partial charge in [0.25, 0.3) is 5.91 Å². The number of carboxylic acids is 1. The van der Waals surface area contributed by atoms with Crippen molar-refractivity contribution < 1.29 is 66.7 Å². The summed E-state index contributed by atoms with van der Waals surface area (Å²) in [5, 5.41) is 32.8. The zero-order valence-electron chi connectivity index (χ0n) is 25.2. The van der Waals surface area contributed by atoms with E-state index in [1.54, 1.807) is 6.07 Å². The number of hydrogen-bond donors (Lipinski definition) is 7. The van der Waals surface area contributed by atoms with Crippen LogP contribution < -0.4 is 10.7 Å². The lowest BCUT2D eigenvalue weighted by atomic mass is 9.89. The Bertz CT molecular complexity index is 1900. The van der Waals surface area contributed by atoms with Crippen molar-refractivity contribution in [3.8, 4) is 28.2 Å². The van der Waals surface area contributed by atoms with Crippen LogP contribution in [0.3, 0.4) is 0 Å². The highest BCUT2D eigenvalue weighted by atomic mass is 31.2. The van der Waals surface area contributed by atoms with Crippen LogP contribution in [0.15, 0.2) is 63.8 Å². The molecule has 0 spiro atoms. The number of aromatic hydroxyl groups is 1. The number of phenolic OH excluding ortho intramolecular Hbond substituents is 1. The lowest BCUT2D eigenvalue weighted by molar-refractivity contribution is 0.0696. The lowest BCUT2D eigenvalue weighted by Crippen LogP contribution is -2.25. The summed E-state index contributed by atoms with van der Waals surface area (Å²) in [6, 6.07) is 12.5. The number of aliphatic hydroxyl groups excluding tert-OH is 1. The van der Waals surface area contributed by atoms with E-state index >= 15 is 0 Å². The summed E-state index contributed by atoms with van der Waals surface area (Å²) in [4.78, 5) is 64.4. The maximum absolute atomic E-state index is 13.1. The monoisotopic (exact) mass is 709 g/mol. The number of hydrogen-bond acceptors (Lipinski definition) is 11. The molecule has 0 bridgehead atoms. The fourth-order valence-corrected chi connectivity index (χ4v) is 5.95. The van der Waals surface area contributed by atoms with Gasteiger partial charge < -0.3 is 39.7 Å². The van der Waals surface area contributed by atoms with Gasteiger partial charge in [0.2, 0.25) is 0 Å². The van der Waals surface area contributed by atoms with Crippen molar-refractivity contribution in [2.24, 2.45) is 5.92 Å². The minimum absolute atomic E-state index is 0.106. The number of carbonyl (C=O) groups is 2. The van der Waals surface area contributed by atoms with E-state index in [1.165, 1.54) is 48.5 Å². The smallest absolute Gasteiger partial charge is 0.472 e. The minimum atomic E-state index is -4.76. The number of rotatable bonds is 17. The van der Waals surface area contributed by atoms with Crippen LogP contribution in [0.1, 0.15) is 40.0 Å². The first-order chi connectivity index (χ1) is 22.7. The number of phenols is 1. The van der Waals surface area contributed by atoms with Gasteiger partial charge in [0.05, 0.1) is 25.4 Å². The summed E-state index contributed by atoms with van der Waals surface area (Å²) in [5.41, 5.74) is 0.911. The first-order valence-electron chi connectivity index (χ1n) is 14.5. The fourth-order valence-electron chi connectivity index (χ4n) is 4.86. The average molecular weight is 710 g/mol. The first-order valence-corrected chi connectivity index (χ1v) is 17.5. The number of unbranched alkanes of at least 4 members (excludes halogenated alkanes) is 1. The Morgan fingerprint density at radius 1 is 0.896 bits per heavy atom. The van der Waals surface area contributed by atoms with Crippen molar-refractivity contribution in [2.45, 2.75) is 19.3 Å². The van der Waals surface area contributed by atoms with E-state index < -0.39 is 46.7 Å². The van der Waals surface area contributed by atoms with Crippen molar-refractivity contribution >= 4 is 38.5 Å². The van der Waals surface area contributed by atoms with Gasteiger partial charge in [-0.3, -0.25) is 23.2 Å². The van der Waals surface area contributed by atoms with Crippen molar-refractivity contribution in [2.75, 3.05) is 33.0 Å². The molecule has 2 aromatic carbocycles. The Kier molecular flexibility index (Phi) is 12.3. The van der Waals surface area contributed by atoms with Crippen molar-refractivity contribution in [3.63, 3.8) is 0 Å². The maximum Gasteiger partial charge on any atom is 0.472 e. The summed E-state index contributed by atoms with van der Waals surface area (Å²) in [6.45, 7) is -1.79. The number of nitrogens with one attached hydrogen (secondary N) is 1. The molecule has 1 amide bonds. The Balaban J connectivity index is 1.40. The Hall–Kier alpha value is -3.95. The summed E-state index contributed by atoms with van der Waals surface area (Å²) < 4.78 is 41.9. The molecule has 258 valence electrons. The van der Waals surface area contributed by atoms with Gasteiger partial charge >= 0.3 is 21.6 Å². The second kappa shape index (κ2) is 16.0. The summed E-state index contributed by atoms with van der Waals surface area (Å²) in [5.74, 6) is -2.24. The van der Waals surface area contributed by atoms with Gasteiger partial charge in [0.1, 0.15) is 17.1 Å². The van der Waals surface area contributed by atoms with Crippen LogP contribution in [0.4, 0.5) is 0 Å². The zero-order valence-corrected chi connectivity index (χ0v) is 27.0. The fraction of sp³-hybridized carbons (Fsp3) is 0.300. The highest BCUT2D eigenvalue weighted by molar-refractivity contribution is 7.47. The molecule has 7 N–H and O–H groups in total. The van der Waals surface area contributed by atoms with Gasteiger partial charge in [-0.1, -0.05) is 6.42 Å². The number of aromatic carboxylic acids is 1. The molecule has 2 aromatic rings. The quantitative estimate of drug-likeness (QED) is 0.0468. The molecule has 0 saturated heterocycles. The number of aliphatic hydroxyl groups is 1. The van der Waals surface area contributed by atoms with Crippen LogP contribution in [0, 0.1) is 5.92 Å². The van der Waals surface area contributed by atoms with E-state index in [1.807, 2.05) is 0 Å². The standard InChI is InChI=1S/C30H33NO15P2/c32-16-18(17-45-48(41,42)44-12-11-43-47(38,39)40)3-1-2-10-31-29(35)19-4-7-22(30(36)37)25(13-19)28-23-8-5-20(33)14-26(23)46-27-15-21(34)6-9-24(27)28/h4-9,13-15,18,32-33H,1-3,10-12,16-17H2,(H,31,35)(H,36,37)(H,41,42)(H2,38,39,40). The summed E-state index contributed by atoms with van der Waals surface area (Å²) in [7, 11) is -9.33. The van der Waals surface area contributed by atoms with Crippen LogP contribution in [-0.2, 0) is 22.7 Å². The average Bonchev–Trinajstić information content (AvgIpc) is 3.02. The van der Waals surface area contributed by atoms with Gasteiger partial charge in [-0.2, -0.15) is 0 Å². The number of carbonyl (C=O) groups excluding carboxylic acids is 1. The second-order valence-electron chi connectivity index (χ2n) is 10.6. The molecule has 1 aliphatic heterocycles. The van der Waals surface area contributed by atoms with Crippen molar-refractivity contribution in [3.05, 3.63) is 75.9 Å². The molecular weight excluding hydrogens is 676 g/mol. The molecule has 0 radical (unpaired) electrons. The molecule has 4 rings (SSSR count). The number of carboxylic acid groups (broad SMARTS) is 1. The molecule has 16 nitrogen and oxygen atoms in total. The van der Waals surface area contributed by atoms with Crippen LogP contribution >= 0.6 is 15.6 Å². The van der Waals surface area contributed by atoms with Gasteiger partial charge in [-0.15, -0.1) is 0 Å². The molecule has 0 fully saturated rings. The third-order valence-electron chi connectivity index (χ3n) is 7.11. The molecule has 1 heterocycles. The molecule has 2 aliphatic rings. The van der Waals surface area contributed by atoms with Gasteiger partial charge in [-0.05, 0) is 60.9 Å². The Morgan fingerprint density at radius 3 is 2.35 bits per heavy atom. The molecule has 0 saturated carbocycles. The Labute approximate surface area is 272 Å². The third kappa shape index (κ3) is 10.0. The predicted octanol–water partition coefficient (Wildman–Crippen LogP) is 3.72. The van der Waals surface area contributed by atoms with Crippen molar-refractivity contribution in [1.29, 1.82) is 0 Å². The molecule has 1 aliphatic carbocycles. The number of amides is 1. The summed E-state index contributed by atoms with van der Waals surface area (Å²) in [6.07, 6.45) is 1.28. The molecule has 2 unspecified atom stereocenters. The summed E-state index contributed by atoms with van der Waals surface area (Å²) >= 11 is 0. The van der Waals surface area contributed by atoms with E-state index in [-0.39, 0.29) is 59.0 Å². The molecule has 48 heavy (non-hydrogen) atoms.